The maximum atomic E-state index is 12.5. The number of aromatic nitrogens is 1. The summed E-state index contributed by atoms with van der Waals surface area (Å²) >= 11 is 9.23. The van der Waals surface area contributed by atoms with Crippen molar-refractivity contribution in [1.82, 2.24) is 9.88 Å². The average Bonchev–Trinajstić information content (AvgIpc) is 2.49. The van der Waals surface area contributed by atoms with Gasteiger partial charge in [0.25, 0.3) is 5.91 Å². The Bertz CT molecular complexity index is 555. The lowest BCUT2D eigenvalue weighted by molar-refractivity contribution is -0.145. The Labute approximate surface area is 135 Å². The molecule has 2 heterocycles. The molecule has 1 aromatic heterocycles. The number of rotatable bonds is 3. The molecular weight excluding hydrogens is 364 g/mol. The molecule has 0 radical (unpaired) electrons. The molecule has 6 nitrogen and oxygen atoms in total. The molecule has 1 saturated heterocycles. The predicted molar refractivity (Wildman–Crippen MR) is 79.2 cm³/mol. The Balaban J connectivity index is 2.08. The second-order valence-corrected chi connectivity index (χ2v) is 5.79. The summed E-state index contributed by atoms with van der Waals surface area (Å²) in [6.07, 6.45) is 1.28. The van der Waals surface area contributed by atoms with Crippen LogP contribution in [0.25, 0.3) is 0 Å². The number of morpholine rings is 1. The number of methoxy groups -OCH3 is 1. The Hall–Kier alpha value is -1.18. The highest BCUT2D eigenvalue weighted by molar-refractivity contribution is 9.10. The van der Waals surface area contributed by atoms with E-state index >= 15 is 0 Å². The first kappa shape index (κ1) is 16.2. The first-order valence-corrected chi connectivity index (χ1v) is 7.47. The summed E-state index contributed by atoms with van der Waals surface area (Å²) in [6, 6.07) is 1.63. The third-order valence-electron chi connectivity index (χ3n) is 3.08. The molecule has 2 rings (SSSR count). The largest absolute Gasteiger partial charge is 0.469 e. The van der Waals surface area contributed by atoms with Crippen molar-refractivity contribution < 1.29 is 19.1 Å². The second-order valence-electron chi connectivity index (χ2n) is 4.52. The van der Waals surface area contributed by atoms with Crippen LogP contribution in [0.3, 0.4) is 0 Å². The van der Waals surface area contributed by atoms with Crippen molar-refractivity contribution in [2.24, 2.45) is 0 Å². The number of carbonyl (C=O) groups is 2. The Morgan fingerprint density at radius 2 is 2.38 bits per heavy atom. The van der Waals surface area contributed by atoms with Crippen LogP contribution in [-0.4, -0.2) is 54.7 Å². The SMILES string of the molecule is COC(=O)CC1CN(C(=O)c2cc(Br)cnc2Cl)CCO1. The van der Waals surface area contributed by atoms with E-state index in [2.05, 4.69) is 25.7 Å². The molecule has 0 saturated carbocycles. The molecule has 0 N–H and O–H groups in total. The van der Waals surface area contributed by atoms with Crippen molar-refractivity contribution in [2.45, 2.75) is 12.5 Å². The van der Waals surface area contributed by atoms with Crippen molar-refractivity contribution >= 4 is 39.4 Å². The summed E-state index contributed by atoms with van der Waals surface area (Å²) in [5.41, 5.74) is 0.324. The molecule has 1 unspecified atom stereocenters. The van der Waals surface area contributed by atoms with Gasteiger partial charge in [-0.1, -0.05) is 11.6 Å². The van der Waals surface area contributed by atoms with Crippen LogP contribution in [0.15, 0.2) is 16.7 Å². The quantitative estimate of drug-likeness (QED) is 0.594. The molecule has 114 valence electrons. The van der Waals surface area contributed by atoms with Gasteiger partial charge in [0, 0.05) is 23.8 Å². The number of esters is 1. The molecule has 1 amide bonds. The highest BCUT2D eigenvalue weighted by Gasteiger charge is 2.28. The molecule has 1 aromatic rings. The molecule has 21 heavy (non-hydrogen) atoms. The summed E-state index contributed by atoms with van der Waals surface area (Å²) < 4.78 is 10.8. The zero-order valence-corrected chi connectivity index (χ0v) is 13.7. The van der Waals surface area contributed by atoms with E-state index in [4.69, 9.17) is 16.3 Å². The van der Waals surface area contributed by atoms with Gasteiger partial charge in [-0.25, -0.2) is 4.98 Å². The Morgan fingerprint density at radius 3 is 3.10 bits per heavy atom. The van der Waals surface area contributed by atoms with Gasteiger partial charge in [0.1, 0.15) is 5.15 Å². The lowest BCUT2D eigenvalue weighted by atomic mass is 10.1. The average molecular weight is 378 g/mol. The van der Waals surface area contributed by atoms with Crippen molar-refractivity contribution in [1.29, 1.82) is 0 Å². The van der Waals surface area contributed by atoms with Gasteiger partial charge in [-0.15, -0.1) is 0 Å². The summed E-state index contributed by atoms with van der Waals surface area (Å²) in [5, 5.41) is 0.152. The van der Waals surface area contributed by atoms with Gasteiger partial charge in [-0.2, -0.15) is 0 Å². The van der Waals surface area contributed by atoms with Gasteiger partial charge in [0.05, 0.1) is 31.8 Å². The second kappa shape index (κ2) is 7.20. The first-order valence-electron chi connectivity index (χ1n) is 6.30. The molecule has 1 aliphatic heterocycles. The van der Waals surface area contributed by atoms with Gasteiger partial charge >= 0.3 is 5.97 Å². The minimum Gasteiger partial charge on any atom is -0.469 e. The van der Waals surface area contributed by atoms with E-state index in [9.17, 15) is 9.59 Å². The minimum absolute atomic E-state index is 0.116. The summed E-state index contributed by atoms with van der Waals surface area (Å²) in [7, 11) is 1.32. The number of nitrogens with zero attached hydrogens (tertiary/aromatic N) is 2. The molecule has 0 aliphatic carbocycles. The monoisotopic (exact) mass is 376 g/mol. The minimum atomic E-state index is -0.367. The van der Waals surface area contributed by atoms with Crippen LogP contribution in [0, 0.1) is 0 Å². The van der Waals surface area contributed by atoms with Crippen LogP contribution in [-0.2, 0) is 14.3 Å². The number of pyridine rings is 1. The van der Waals surface area contributed by atoms with Gasteiger partial charge in [0.2, 0.25) is 0 Å². The number of halogens is 2. The lowest BCUT2D eigenvalue weighted by Gasteiger charge is -2.32. The highest BCUT2D eigenvalue weighted by atomic mass is 79.9. The van der Waals surface area contributed by atoms with Crippen molar-refractivity contribution in [2.75, 3.05) is 26.8 Å². The predicted octanol–water partition coefficient (Wildman–Crippen LogP) is 1.90. The fraction of sp³-hybridized carbons (Fsp3) is 0.462. The topological polar surface area (TPSA) is 68.7 Å². The van der Waals surface area contributed by atoms with E-state index in [-0.39, 0.29) is 29.6 Å². The first-order chi connectivity index (χ1) is 10.0. The number of ether oxygens (including phenoxy) is 2. The molecule has 1 aliphatic rings. The molecule has 0 aromatic carbocycles. The van der Waals surface area contributed by atoms with Crippen LogP contribution in [0.2, 0.25) is 5.15 Å². The fourth-order valence-electron chi connectivity index (χ4n) is 2.04. The number of hydrogen-bond acceptors (Lipinski definition) is 5. The third-order valence-corrected chi connectivity index (χ3v) is 3.82. The zero-order chi connectivity index (χ0) is 15.4. The molecule has 0 spiro atoms. The Morgan fingerprint density at radius 1 is 1.62 bits per heavy atom. The standard InChI is InChI=1S/C13H14BrClN2O4/c1-20-11(18)5-9-7-17(2-3-21-9)13(19)10-4-8(14)6-16-12(10)15/h4,6,9H,2-3,5,7H2,1H3. The van der Waals surface area contributed by atoms with Crippen molar-refractivity contribution in [3.63, 3.8) is 0 Å². The zero-order valence-electron chi connectivity index (χ0n) is 11.3. The van der Waals surface area contributed by atoms with Crippen molar-refractivity contribution in [3.05, 3.63) is 27.5 Å². The van der Waals surface area contributed by atoms with E-state index < -0.39 is 0 Å². The molecule has 0 bridgehead atoms. The number of hydrogen-bond donors (Lipinski definition) is 0. The molecule has 8 heteroatoms. The fourth-order valence-corrected chi connectivity index (χ4v) is 2.55. The van der Waals surface area contributed by atoms with E-state index in [1.807, 2.05) is 0 Å². The number of carbonyl (C=O) groups excluding carboxylic acids is 2. The Kier molecular flexibility index (Phi) is 5.55. The molecule has 1 atom stereocenters. The highest BCUT2D eigenvalue weighted by Crippen LogP contribution is 2.21. The smallest absolute Gasteiger partial charge is 0.308 e. The lowest BCUT2D eigenvalue weighted by Crippen LogP contribution is -2.46. The van der Waals surface area contributed by atoms with Crippen LogP contribution in [0.4, 0.5) is 0 Å². The van der Waals surface area contributed by atoms with Gasteiger partial charge in [0.15, 0.2) is 0 Å². The van der Waals surface area contributed by atoms with E-state index in [0.717, 1.165) is 0 Å². The van der Waals surface area contributed by atoms with Gasteiger partial charge < -0.3 is 14.4 Å². The maximum Gasteiger partial charge on any atom is 0.308 e. The van der Waals surface area contributed by atoms with Crippen LogP contribution in [0.5, 0.6) is 0 Å². The van der Waals surface area contributed by atoms with Gasteiger partial charge in [-0.05, 0) is 22.0 Å². The van der Waals surface area contributed by atoms with Crippen LogP contribution < -0.4 is 0 Å². The molecule has 1 fully saturated rings. The van der Waals surface area contributed by atoms with Crippen LogP contribution >= 0.6 is 27.5 Å². The normalized spacial score (nSPS) is 18.4. The molecular formula is C13H14BrClN2O4. The van der Waals surface area contributed by atoms with E-state index in [1.165, 1.54) is 13.3 Å². The van der Waals surface area contributed by atoms with E-state index in [1.54, 1.807) is 11.0 Å². The van der Waals surface area contributed by atoms with Gasteiger partial charge in [-0.3, -0.25) is 9.59 Å². The summed E-state index contributed by atoms with van der Waals surface area (Å²) in [5.74, 6) is -0.594. The third kappa shape index (κ3) is 4.15. The van der Waals surface area contributed by atoms with Crippen molar-refractivity contribution in [3.8, 4) is 0 Å². The number of amides is 1. The van der Waals surface area contributed by atoms with E-state index in [0.29, 0.717) is 29.7 Å². The summed E-state index contributed by atoms with van der Waals surface area (Å²) in [4.78, 5) is 29.3. The summed E-state index contributed by atoms with van der Waals surface area (Å²) in [6.45, 7) is 1.13. The maximum absolute atomic E-state index is 12.5. The van der Waals surface area contributed by atoms with Crippen LogP contribution in [0.1, 0.15) is 16.8 Å².